The van der Waals surface area contributed by atoms with Gasteiger partial charge >= 0.3 is 0 Å². The minimum atomic E-state index is 0.499. The van der Waals surface area contributed by atoms with E-state index in [4.69, 9.17) is 0 Å². The van der Waals surface area contributed by atoms with Crippen molar-refractivity contribution in [2.45, 2.75) is 46.2 Å². The summed E-state index contributed by atoms with van der Waals surface area (Å²) in [6, 6.07) is 9.01. The molecule has 0 spiro atoms. The largest absolute Gasteiger partial charge is 0.383 e. The van der Waals surface area contributed by atoms with Gasteiger partial charge in [0.15, 0.2) is 0 Å². The molecule has 0 saturated heterocycles. The molecule has 0 aliphatic heterocycles. The van der Waals surface area contributed by atoms with E-state index in [1.807, 2.05) is 4.68 Å². The summed E-state index contributed by atoms with van der Waals surface area (Å²) in [5.41, 5.74) is 2.41. The zero-order chi connectivity index (χ0) is 14.4. The van der Waals surface area contributed by atoms with Gasteiger partial charge in [-0.15, -0.1) is 0 Å². The van der Waals surface area contributed by atoms with Crippen molar-refractivity contribution in [2.75, 3.05) is 5.32 Å². The lowest BCUT2D eigenvalue weighted by Gasteiger charge is -2.17. The van der Waals surface area contributed by atoms with E-state index in [2.05, 4.69) is 60.4 Å². The standard InChI is InChI=1S/C16H24N4/c1-13(2)7-8-14(3)19-16-6-4-5-15(9-16)10-20-12-17-11-18-20/h4-6,9,11-14,19H,7-8,10H2,1-3H3. The molecule has 108 valence electrons. The lowest BCUT2D eigenvalue weighted by Crippen LogP contribution is -2.16. The summed E-state index contributed by atoms with van der Waals surface area (Å²) in [4.78, 5) is 3.97. The van der Waals surface area contributed by atoms with Crippen molar-refractivity contribution in [2.24, 2.45) is 5.92 Å². The molecule has 1 N–H and O–H groups in total. The highest BCUT2D eigenvalue weighted by molar-refractivity contribution is 5.46. The monoisotopic (exact) mass is 272 g/mol. The number of anilines is 1. The molecule has 4 nitrogen and oxygen atoms in total. The maximum Gasteiger partial charge on any atom is 0.137 e. The highest BCUT2D eigenvalue weighted by Gasteiger charge is 2.04. The molecule has 2 aromatic rings. The molecule has 2 rings (SSSR count). The summed E-state index contributed by atoms with van der Waals surface area (Å²) in [7, 11) is 0. The highest BCUT2D eigenvalue weighted by atomic mass is 15.3. The van der Waals surface area contributed by atoms with Gasteiger partial charge in [0.2, 0.25) is 0 Å². The predicted molar refractivity (Wildman–Crippen MR) is 82.7 cm³/mol. The third-order valence-electron chi connectivity index (χ3n) is 3.33. The second kappa shape index (κ2) is 7.08. The van der Waals surface area contributed by atoms with Gasteiger partial charge in [0.1, 0.15) is 12.7 Å². The van der Waals surface area contributed by atoms with Gasteiger partial charge < -0.3 is 5.32 Å². The van der Waals surface area contributed by atoms with Crippen molar-refractivity contribution in [3.63, 3.8) is 0 Å². The van der Waals surface area contributed by atoms with Crippen molar-refractivity contribution in [3.8, 4) is 0 Å². The van der Waals surface area contributed by atoms with E-state index < -0.39 is 0 Å². The number of hydrogen-bond donors (Lipinski definition) is 1. The van der Waals surface area contributed by atoms with Crippen LogP contribution in [0.15, 0.2) is 36.9 Å². The topological polar surface area (TPSA) is 42.7 Å². The van der Waals surface area contributed by atoms with Crippen molar-refractivity contribution < 1.29 is 0 Å². The van der Waals surface area contributed by atoms with Crippen LogP contribution in [0.2, 0.25) is 0 Å². The van der Waals surface area contributed by atoms with Gasteiger partial charge in [-0.2, -0.15) is 5.10 Å². The van der Waals surface area contributed by atoms with Crippen LogP contribution in [-0.2, 0) is 6.54 Å². The van der Waals surface area contributed by atoms with Crippen LogP contribution in [0.3, 0.4) is 0 Å². The molecule has 0 fully saturated rings. The fourth-order valence-electron chi connectivity index (χ4n) is 2.20. The van der Waals surface area contributed by atoms with E-state index in [1.54, 1.807) is 12.7 Å². The van der Waals surface area contributed by atoms with Crippen LogP contribution in [0.5, 0.6) is 0 Å². The lowest BCUT2D eigenvalue weighted by molar-refractivity contribution is 0.527. The maximum atomic E-state index is 4.14. The van der Waals surface area contributed by atoms with Gasteiger partial charge in [-0.25, -0.2) is 9.67 Å². The zero-order valence-electron chi connectivity index (χ0n) is 12.6. The summed E-state index contributed by atoms with van der Waals surface area (Å²) in [5.74, 6) is 0.762. The van der Waals surface area contributed by atoms with Crippen LogP contribution in [0, 0.1) is 5.92 Å². The molecule has 0 aliphatic carbocycles. The molecule has 20 heavy (non-hydrogen) atoms. The first-order valence-corrected chi connectivity index (χ1v) is 7.31. The zero-order valence-corrected chi connectivity index (χ0v) is 12.6. The van der Waals surface area contributed by atoms with Crippen molar-refractivity contribution in [1.29, 1.82) is 0 Å². The van der Waals surface area contributed by atoms with E-state index in [0.29, 0.717) is 6.04 Å². The van der Waals surface area contributed by atoms with Crippen LogP contribution >= 0.6 is 0 Å². The van der Waals surface area contributed by atoms with Gasteiger partial charge in [-0.3, -0.25) is 0 Å². The van der Waals surface area contributed by atoms with E-state index in [9.17, 15) is 0 Å². The smallest absolute Gasteiger partial charge is 0.137 e. The average Bonchev–Trinajstić information content (AvgIpc) is 2.89. The van der Waals surface area contributed by atoms with Crippen LogP contribution in [0.25, 0.3) is 0 Å². The fourth-order valence-corrected chi connectivity index (χ4v) is 2.20. The first-order valence-electron chi connectivity index (χ1n) is 7.31. The number of aromatic nitrogens is 3. The number of nitrogens with zero attached hydrogens (tertiary/aromatic N) is 3. The Hall–Kier alpha value is -1.84. The molecule has 4 heteroatoms. The van der Waals surface area contributed by atoms with Crippen LogP contribution < -0.4 is 5.32 Å². The summed E-state index contributed by atoms with van der Waals surface area (Å²) in [5, 5.41) is 7.71. The Bertz CT molecular complexity index is 505. The molecular weight excluding hydrogens is 248 g/mol. The van der Waals surface area contributed by atoms with Crippen molar-refractivity contribution in [1.82, 2.24) is 14.8 Å². The van der Waals surface area contributed by atoms with Gasteiger partial charge in [-0.05, 0) is 43.4 Å². The van der Waals surface area contributed by atoms with Crippen LogP contribution in [-0.4, -0.2) is 20.8 Å². The molecule has 1 atom stereocenters. The molecule has 1 heterocycles. The van der Waals surface area contributed by atoms with E-state index >= 15 is 0 Å². The first-order chi connectivity index (χ1) is 9.63. The van der Waals surface area contributed by atoms with E-state index in [-0.39, 0.29) is 0 Å². The van der Waals surface area contributed by atoms with Gasteiger partial charge in [0.05, 0.1) is 6.54 Å². The molecule has 0 aliphatic rings. The summed E-state index contributed by atoms with van der Waals surface area (Å²) >= 11 is 0. The Balaban J connectivity index is 1.92. The van der Waals surface area contributed by atoms with Crippen LogP contribution in [0.1, 0.15) is 39.2 Å². The van der Waals surface area contributed by atoms with Gasteiger partial charge in [0.25, 0.3) is 0 Å². The number of benzene rings is 1. The minimum Gasteiger partial charge on any atom is -0.383 e. The quantitative estimate of drug-likeness (QED) is 0.838. The Kier molecular flexibility index (Phi) is 5.16. The second-order valence-electron chi connectivity index (χ2n) is 5.81. The normalized spacial score (nSPS) is 12.6. The van der Waals surface area contributed by atoms with Crippen molar-refractivity contribution in [3.05, 3.63) is 42.5 Å². The lowest BCUT2D eigenvalue weighted by atomic mass is 10.0. The third kappa shape index (κ3) is 4.68. The SMILES string of the molecule is CC(C)CCC(C)Nc1cccc(Cn2cncn2)c1. The summed E-state index contributed by atoms with van der Waals surface area (Å²) in [6.07, 6.45) is 5.76. The first kappa shape index (κ1) is 14.6. The molecule has 0 radical (unpaired) electrons. The Labute approximate surface area is 121 Å². The van der Waals surface area contributed by atoms with Crippen LogP contribution in [0.4, 0.5) is 5.69 Å². The van der Waals surface area contributed by atoms with E-state index in [0.717, 1.165) is 12.5 Å². The molecule has 0 saturated carbocycles. The molecule has 1 aromatic heterocycles. The van der Waals surface area contributed by atoms with E-state index in [1.165, 1.54) is 24.1 Å². The number of rotatable bonds is 7. The van der Waals surface area contributed by atoms with Gasteiger partial charge in [0, 0.05) is 11.7 Å². The molecular formula is C16H24N4. The van der Waals surface area contributed by atoms with Gasteiger partial charge in [-0.1, -0.05) is 26.0 Å². The average molecular weight is 272 g/mol. The molecule has 0 amide bonds. The third-order valence-corrected chi connectivity index (χ3v) is 3.33. The molecule has 1 aromatic carbocycles. The Morgan fingerprint density at radius 2 is 2.05 bits per heavy atom. The molecule has 1 unspecified atom stereocenters. The Morgan fingerprint density at radius 1 is 1.20 bits per heavy atom. The maximum absolute atomic E-state index is 4.14. The number of nitrogens with one attached hydrogen (secondary N) is 1. The predicted octanol–water partition coefficient (Wildman–Crippen LogP) is 3.56. The number of hydrogen-bond acceptors (Lipinski definition) is 3. The second-order valence-corrected chi connectivity index (χ2v) is 5.81. The minimum absolute atomic E-state index is 0.499. The summed E-state index contributed by atoms with van der Waals surface area (Å²) < 4.78 is 1.83. The fraction of sp³-hybridized carbons (Fsp3) is 0.500. The highest BCUT2D eigenvalue weighted by Crippen LogP contribution is 2.15. The Morgan fingerprint density at radius 3 is 2.75 bits per heavy atom. The molecule has 0 bridgehead atoms. The van der Waals surface area contributed by atoms with Crippen molar-refractivity contribution >= 4 is 5.69 Å². The summed E-state index contributed by atoms with van der Waals surface area (Å²) in [6.45, 7) is 7.54.